The van der Waals surface area contributed by atoms with E-state index < -0.39 is 0 Å². The van der Waals surface area contributed by atoms with Crippen molar-refractivity contribution in [1.29, 1.82) is 0 Å². The number of nitrogens with one attached hydrogen (secondary N) is 1. The van der Waals surface area contributed by atoms with Gasteiger partial charge in [0, 0.05) is 20.0 Å². The molecule has 5 heteroatoms. The zero-order chi connectivity index (χ0) is 12.0. The van der Waals surface area contributed by atoms with Gasteiger partial charge in [0.2, 0.25) is 5.91 Å². The van der Waals surface area contributed by atoms with Crippen LogP contribution in [0.15, 0.2) is 16.5 Å². The molecule has 88 valence electrons. The molecule has 16 heavy (non-hydrogen) atoms. The third-order valence-electron chi connectivity index (χ3n) is 2.22. The first-order valence-electron chi connectivity index (χ1n) is 5.08. The molecule has 1 heterocycles. The fourth-order valence-electron chi connectivity index (χ4n) is 1.31. The predicted octanol–water partition coefficient (Wildman–Crippen LogP) is 0.660. The topological polar surface area (TPSA) is 62.6 Å². The lowest BCUT2D eigenvalue weighted by atomic mass is 10.3. The second kappa shape index (κ2) is 6.07. The van der Waals surface area contributed by atoms with Gasteiger partial charge in [-0.3, -0.25) is 14.5 Å². The minimum atomic E-state index is 0.0138. The molecule has 1 N–H and O–H groups in total. The average Bonchev–Trinajstić information content (AvgIpc) is 2.73. The number of nitrogens with zero attached hydrogens (tertiary/aromatic N) is 1. The van der Waals surface area contributed by atoms with Crippen molar-refractivity contribution in [3.63, 3.8) is 0 Å². The molecule has 1 rings (SSSR count). The number of rotatable bonds is 6. The number of carbonyl (C=O) groups is 2. The lowest BCUT2D eigenvalue weighted by Crippen LogP contribution is -2.26. The molecular formula is C11H16N2O3. The zero-order valence-corrected chi connectivity index (χ0v) is 9.53. The minimum absolute atomic E-state index is 0.0138. The van der Waals surface area contributed by atoms with Crippen LogP contribution in [0.2, 0.25) is 0 Å². The summed E-state index contributed by atoms with van der Waals surface area (Å²) in [5.41, 5.74) is 0. The fourth-order valence-corrected chi connectivity index (χ4v) is 1.31. The van der Waals surface area contributed by atoms with Gasteiger partial charge in [0.1, 0.15) is 5.76 Å². The maximum absolute atomic E-state index is 11.0. The van der Waals surface area contributed by atoms with Crippen molar-refractivity contribution in [2.45, 2.75) is 13.0 Å². The Labute approximate surface area is 94.4 Å². The molecule has 0 aliphatic carbocycles. The van der Waals surface area contributed by atoms with Crippen LogP contribution in [-0.2, 0) is 11.3 Å². The zero-order valence-electron chi connectivity index (χ0n) is 9.53. The van der Waals surface area contributed by atoms with Gasteiger partial charge in [0.15, 0.2) is 12.0 Å². The van der Waals surface area contributed by atoms with Crippen LogP contribution < -0.4 is 5.32 Å². The van der Waals surface area contributed by atoms with Crippen LogP contribution in [0.3, 0.4) is 0 Å². The van der Waals surface area contributed by atoms with E-state index in [9.17, 15) is 9.59 Å². The summed E-state index contributed by atoms with van der Waals surface area (Å²) in [7, 11) is 3.51. The predicted molar refractivity (Wildman–Crippen MR) is 59.1 cm³/mol. The Morgan fingerprint density at radius 3 is 2.88 bits per heavy atom. The van der Waals surface area contributed by atoms with E-state index in [1.54, 1.807) is 19.2 Å². The first-order valence-corrected chi connectivity index (χ1v) is 5.08. The standard InChI is InChI=1S/C11H16N2O3/c1-12-11(15)5-6-13(2)7-9-3-4-10(8-14)16-9/h3-4,8H,5-7H2,1-2H3,(H,12,15). The van der Waals surface area contributed by atoms with Crippen molar-refractivity contribution in [2.75, 3.05) is 20.6 Å². The van der Waals surface area contributed by atoms with Crippen LogP contribution in [0.5, 0.6) is 0 Å². The molecule has 0 saturated heterocycles. The summed E-state index contributed by atoms with van der Waals surface area (Å²) in [6.07, 6.45) is 1.13. The van der Waals surface area contributed by atoms with Gasteiger partial charge in [-0.2, -0.15) is 0 Å². The van der Waals surface area contributed by atoms with Crippen molar-refractivity contribution >= 4 is 12.2 Å². The van der Waals surface area contributed by atoms with Gasteiger partial charge < -0.3 is 9.73 Å². The Morgan fingerprint density at radius 2 is 2.31 bits per heavy atom. The number of hydrogen-bond acceptors (Lipinski definition) is 4. The van der Waals surface area contributed by atoms with Crippen molar-refractivity contribution in [2.24, 2.45) is 0 Å². The highest BCUT2D eigenvalue weighted by Gasteiger charge is 2.06. The highest BCUT2D eigenvalue weighted by molar-refractivity contribution is 5.75. The van der Waals surface area contributed by atoms with Crippen molar-refractivity contribution in [1.82, 2.24) is 10.2 Å². The second-order valence-corrected chi connectivity index (χ2v) is 3.58. The molecule has 0 atom stereocenters. The van der Waals surface area contributed by atoms with Gasteiger partial charge in [0.05, 0.1) is 6.54 Å². The molecule has 0 aromatic carbocycles. The number of carbonyl (C=O) groups excluding carboxylic acids is 2. The Kier molecular flexibility index (Phi) is 4.72. The van der Waals surface area contributed by atoms with Gasteiger partial charge in [-0.05, 0) is 19.2 Å². The number of aldehydes is 1. The quantitative estimate of drug-likeness (QED) is 0.721. The molecule has 5 nitrogen and oxygen atoms in total. The number of hydrogen-bond donors (Lipinski definition) is 1. The SMILES string of the molecule is CNC(=O)CCN(C)Cc1ccc(C=O)o1. The molecule has 1 aromatic heterocycles. The summed E-state index contributed by atoms with van der Waals surface area (Å²) in [5.74, 6) is 1.07. The molecule has 0 saturated carbocycles. The summed E-state index contributed by atoms with van der Waals surface area (Å²) in [6, 6.07) is 3.40. The summed E-state index contributed by atoms with van der Waals surface area (Å²) in [6.45, 7) is 1.24. The molecule has 1 aromatic rings. The van der Waals surface area contributed by atoms with Gasteiger partial charge >= 0.3 is 0 Å². The summed E-state index contributed by atoms with van der Waals surface area (Å²) in [5, 5.41) is 2.56. The van der Waals surface area contributed by atoms with E-state index >= 15 is 0 Å². The van der Waals surface area contributed by atoms with E-state index in [0.29, 0.717) is 31.6 Å². The molecule has 0 radical (unpaired) electrons. The molecule has 0 aliphatic rings. The first kappa shape index (κ1) is 12.4. The minimum Gasteiger partial charge on any atom is -0.457 e. The fraction of sp³-hybridized carbons (Fsp3) is 0.455. The van der Waals surface area contributed by atoms with Crippen molar-refractivity contribution in [3.8, 4) is 0 Å². The number of amides is 1. The molecule has 0 unspecified atom stereocenters. The third-order valence-corrected chi connectivity index (χ3v) is 2.22. The highest BCUT2D eigenvalue weighted by Crippen LogP contribution is 2.08. The van der Waals surface area contributed by atoms with Crippen LogP contribution in [0.4, 0.5) is 0 Å². The molecule has 0 bridgehead atoms. The summed E-state index contributed by atoms with van der Waals surface area (Å²) >= 11 is 0. The van der Waals surface area contributed by atoms with Gasteiger partial charge in [-0.25, -0.2) is 0 Å². The molecule has 0 fully saturated rings. The molecular weight excluding hydrogens is 208 g/mol. The Morgan fingerprint density at radius 1 is 1.56 bits per heavy atom. The Balaban J connectivity index is 2.36. The van der Waals surface area contributed by atoms with Crippen LogP contribution in [0.1, 0.15) is 22.7 Å². The van der Waals surface area contributed by atoms with Gasteiger partial charge in [-0.15, -0.1) is 0 Å². The smallest absolute Gasteiger partial charge is 0.221 e. The maximum atomic E-state index is 11.0. The lowest BCUT2D eigenvalue weighted by molar-refractivity contribution is -0.120. The molecule has 1 amide bonds. The van der Waals surface area contributed by atoms with Gasteiger partial charge in [-0.1, -0.05) is 0 Å². The summed E-state index contributed by atoms with van der Waals surface area (Å²) in [4.78, 5) is 23.4. The maximum Gasteiger partial charge on any atom is 0.221 e. The van der Waals surface area contributed by atoms with E-state index in [0.717, 1.165) is 5.76 Å². The van der Waals surface area contributed by atoms with Crippen molar-refractivity contribution in [3.05, 3.63) is 23.7 Å². The largest absolute Gasteiger partial charge is 0.457 e. The average molecular weight is 224 g/mol. The van der Waals surface area contributed by atoms with Crippen LogP contribution in [0, 0.1) is 0 Å². The second-order valence-electron chi connectivity index (χ2n) is 3.58. The normalized spacial score (nSPS) is 10.4. The van der Waals surface area contributed by atoms with Crippen LogP contribution >= 0.6 is 0 Å². The van der Waals surface area contributed by atoms with Gasteiger partial charge in [0.25, 0.3) is 0 Å². The van der Waals surface area contributed by atoms with Crippen LogP contribution in [-0.4, -0.2) is 37.7 Å². The van der Waals surface area contributed by atoms with E-state index in [4.69, 9.17) is 4.42 Å². The monoisotopic (exact) mass is 224 g/mol. The van der Waals surface area contributed by atoms with E-state index in [2.05, 4.69) is 5.32 Å². The molecule has 0 spiro atoms. The van der Waals surface area contributed by atoms with Crippen molar-refractivity contribution < 1.29 is 14.0 Å². The van der Waals surface area contributed by atoms with Crippen LogP contribution in [0.25, 0.3) is 0 Å². The summed E-state index contributed by atoms with van der Waals surface area (Å²) < 4.78 is 5.23. The lowest BCUT2D eigenvalue weighted by Gasteiger charge is -2.13. The first-order chi connectivity index (χ1) is 7.65. The van der Waals surface area contributed by atoms with E-state index in [1.807, 2.05) is 11.9 Å². The van der Waals surface area contributed by atoms with E-state index in [-0.39, 0.29) is 5.91 Å². The number of furan rings is 1. The Hall–Kier alpha value is -1.62. The molecule has 0 aliphatic heterocycles. The third kappa shape index (κ3) is 3.86. The van der Waals surface area contributed by atoms with E-state index in [1.165, 1.54) is 0 Å². The Bertz CT molecular complexity index is 360. The highest BCUT2D eigenvalue weighted by atomic mass is 16.3.